The van der Waals surface area contributed by atoms with Crippen molar-refractivity contribution in [1.82, 2.24) is 9.13 Å². The Bertz CT molecular complexity index is 1830. The Morgan fingerprint density at radius 2 is 0.912 bits per heavy atom. The van der Waals surface area contributed by atoms with Crippen molar-refractivity contribution in [2.75, 3.05) is 0 Å². The monoisotopic (exact) mass is 435 g/mol. The number of aromatic nitrogens is 2. The second-order valence-corrected chi connectivity index (χ2v) is 8.62. The van der Waals surface area contributed by atoms with E-state index < -0.39 is 0 Å². The summed E-state index contributed by atoms with van der Waals surface area (Å²) < 4.78 is 4.74. The molecule has 0 aliphatic heterocycles. The normalized spacial score (nSPS) is 11.7. The Kier molecular flexibility index (Phi) is 4.17. The van der Waals surface area contributed by atoms with Gasteiger partial charge in [0.15, 0.2) is 0 Å². The lowest BCUT2D eigenvalue weighted by atomic mass is 9.89. The van der Waals surface area contributed by atoms with E-state index in [4.69, 9.17) is 0 Å². The number of benzene rings is 5. The van der Waals surface area contributed by atoms with Gasteiger partial charge in [-0.2, -0.15) is 0 Å². The predicted octanol–water partition coefficient (Wildman–Crippen LogP) is 6.12. The molecule has 1 N–H and O–H groups in total. The summed E-state index contributed by atoms with van der Waals surface area (Å²) in [5.41, 5.74) is 7.72. The molecular weight excluding hydrogens is 415 g/mol. The number of rotatable bonds is 3. The van der Waals surface area contributed by atoms with Gasteiger partial charge in [-0.3, -0.25) is 0 Å². The molecule has 0 saturated heterocycles. The van der Waals surface area contributed by atoms with E-state index in [-0.39, 0.29) is 0 Å². The Morgan fingerprint density at radius 1 is 0.441 bits per heavy atom. The van der Waals surface area contributed by atoms with Crippen LogP contribution in [0.25, 0.3) is 55.0 Å². The van der Waals surface area contributed by atoms with Crippen molar-refractivity contribution in [3.63, 3.8) is 0 Å². The topological polar surface area (TPSA) is 30.1 Å². The molecule has 159 valence electrons. The van der Waals surface area contributed by atoms with E-state index in [1.54, 1.807) is 0 Å². The molecule has 0 spiro atoms. The minimum Gasteiger partial charge on any atom is -0.450 e. The molecule has 0 saturated carbocycles. The van der Waals surface area contributed by atoms with E-state index >= 15 is 0 Å². The van der Waals surface area contributed by atoms with Gasteiger partial charge < -0.3 is 14.2 Å². The number of fused-ring (bicyclic) bond motifs is 7. The fourth-order valence-corrected chi connectivity index (χ4v) is 5.32. The maximum Gasteiger partial charge on any atom is 0.326 e. The second kappa shape index (κ2) is 7.37. The van der Waals surface area contributed by atoms with Crippen LogP contribution in [0.3, 0.4) is 0 Å². The molecule has 7 rings (SSSR count). The van der Waals surface area contributed by atoms with Crippen LogP contribution in [0.1, 0.15) is 0 Å². The van der Waals surface area contributed by atoms with Crippen molar-refractivity contribution in [3.05, 3.63) is 115 Å². The standard InChI is InChI=1S/C30H20BN2O/c34-31-20-14-16-22(17-15-20)33-28-13-7-5-11-24(28)26-19-18-25-23-10-4-6-12-27(23)32(29(25)30(26)33)21-8-2-1-3-9-21/h1-19,34H. The lowest BCUT2D eigenvalue weighted by Gasteiger charge is -2.12. The molecule has 0 unspecified atom stereocenters. The van der Waals surface area contributed by atoms with Crippen LogP contribution in [0.4, 0.5) is 0 Å². The average Bonchev–Trinajstić information content (AvgIpc) is 3.42. The van der Waals surface area contributed by atoms with Crippen LogP contribution < -0.4 is 5.46 Å². The highest BCUT2D eigenvalue weighted by molar-refractivity contribution is 6.45. The smallest absolute Gasteiger partial charge is 0.326 e. The average molecular weight is 435 g/mol. The van der Waals surface area contributed by atoms with Crippen LogP contribution in [0.15, 0.2) is 115 Å². The quantitative estimate of drug-likeness (QED) is 0.333. The van der Waals surface area contributed by atoms with Crippen LogP contribution in [-0.4, -0.2) is 21.6 Å². The van der Waals surface area contributed by atoms with Crippen molar-refractivity contribution in [2.24, 2.45) is 0 Å². The molecule has 0 aliphatic rings. The van der Waals surface area contributed by atoms with E-state index in [0.717, 1.165) is 29.8 Å². The molecule has 1 radical (unpaired) electrons. The van der Waals surface area contributed by atoms with Gasteiger partial charge in [-0.15, -0.1) is 0 Å². The van der Waals surface area contributed by atoms with Gasteiger partial charge in [0.2, 0.25) is 0 Å². The summed E-state index contributed by atoms with van der Waals surface area (Å²) >= 11 is 0. The van der Waals surface area contributed by atoms with Crippen LogP contribution in [0, 0.1) is 0 Å². The van der Waals surface area contributed by atoms with Crippen LogP contribution in [0.5, 0.6) is 0 Å². The number of nitrogens with zero attached hydrogens (tertiary/aromatic N) is 2. The van der Waals surface area contributed by atoms with Gasteiger partial charge >= 0.3 is 7.48 Å². The van der Waals surface area contributed by atoms with Gasteiger partial charge in [0, 0.05) is 32.9 Å². The zero-order valence-electron chi connectivity index (χ0n) is 18.4. The minimum atomic E-state index is 0.785. The molecular formula is C30H20BN2O. The van der Waals surface area contributed by atoms with Gasteiger partial charge in [0.25, 0.3) is 0 Å². The van der Waals surface area contributed by atoms with Crippen molar-refractivity contribution >= 4 is 56.6 Å². The largest absolute Gasteiger partial charge is 0.450 e. The minimum absolute atomic E-state index is 0.785. The number of hydrogen-bond donors (Lipinski definition) is 1. The van der Waals surface area contributed by atoms with Crippen molar-refractivity contribution < 1.29 is 5.02 Å². The SMILES string of the molecule is O[B]c1ccc(-n2c3ccccc3c3ccc4c5ccccc5n(-c5ccccc5)c4c32)cc1. The molecule has 0 fully saturated rings. The van der Waals surface area contributed by atoms with E-state index in [2.05, 4.69) is 112 Å². The number of para-hydroxylation sites is 3. The third-order valence-corrected chi connectivity index (χ3v) is 6.78. The van der Waals surface area contributed by atoms with Crippen LogP contribution in [0.2, 0.25) is 0 Å². The first-order valence-corrected chi connectivity index (χ1v) is 11.4. The van der Waals surface area contributed by atoms with Crippen molar-refractivity contribution in [3.8, 4) is 11.4 Å². The molecule has 4 heteroatoms. The van der Waals surface area contributed by atoms with Gasteiger partial charge in [-0.1, -0.05) is 84.3 Å². The fourth-order valence-electron chi connectivity index (χ4n) is 5.32. The molecule has 34 heavy (non-hydrogen) atoms. The molecule has 2 heterocycles. The molecule has 0 amide bonds. The summed E-state index contributed by atoms with van der Waals surface area (Å²) in [6.07, 6.45) is 0. The van der Waals surface area contributed by atoms with E-state index in [9.17, 15) is 5.02 Å². The van der Waals surface area contributed by atoms with Crippen LogP contribution >= 0.6 is 0 Å². The maximum atomic E-state index is 9.45. The van der Waals surface area contributed by atoms with Gasteiger partial charge in [-0.05, 0) is 36.4 Å². The molecule has 7 aromatic rings. The van der Waals surface area contributed by atoms with Crippen molar-refractivity contribution in [1.29, 1.82) is 0 Å². The Hall–Kier alpha value is -4.28. The van der Waals surface area contributed by atoms with E-state index in [0.29, 0.717) is 0 Å². The van der Waals surface area contributed by atoms with Crippen molar-refractivity contribution in [2.45, 2.75) is 0 Å². The molecule has 0 atom stereocenters. The summed E-state index contributed by atoms with van der Waals surface area (Å²) in [7, 11) is 1.14. The molecule has 5 aromatic carbocycles. The van der Waals surface area contributed by atoms with E-state index in [1.165, 1.54) is 38.1 Å². The zero-order valence-corrected chi connectivity index (χ0v) is 18.4. The fraction of sp³-hybridized carbons (Fsp3) is 0. The van der Waals surface area contributed by atoms with Gasteiger partial charge in [0.1, 0.15) is 0 Å². The number of hydrogen-bond acceptors (Lipinski definition) is 1. The Labute approximate surface area is 197 Å². The highest BCUT2D eigenvalue weighted by Crippen LogP contribution is 2.41. The summed E-state index contributed by atoms with van der Waals surface area (Å²) in [4.78, 5) is 0. The third kappa shape index (κ3) is 2.63. The van der Waals surface area contributed by atoms with Gasteiger partial charge in [0.05, 0.1) is 22.1 Å². The first-order valence-electron chi connectivity index (χ1n) is 11.4. The lowest BCUT2D eigenvalue weighted by Crippen LogP contribution is -2.12. The lowest BCUT2D eigenvalue weighted by molar-refractivity contribution is 0.615. The molecule has 2 aromatic heterocycles. The van der Waals surface area contributed by atoms with E-state index in [1.807, 2.05) is 12.1 Å². The highest BCUT2D eigenvalue weighted by Gasteiger charge is 2.20. The third-order valence-electron chi connectivity index (χ3n) is 6.78. The highest BCUT2D eigenvalue weighted by atomic mass is 16.2. The zero-order chi connectivity index (χ0) is 22.6. The molecule has 3 nitrogen and oxygen atoms in total. The second-order valence-electron chi connectivity index (χ2n) is 8.62. The van der Waals surface area contributed by atoms with Gasteiger partial charge in [-0.25, -0.2) is 0 Å². The summed E-state index contributed by atoms with van der Waals surface area (Å²) in [5, 5.41) is 14.4. The first-order chi connectivity index (χ1) is 16.8. The molecule has 0 aliphatic carbocycles. The first kappa shape index (κ1) is 19.2. The Morgan fingerprint density at radius 3 is 1.44 bits per heavy atom. The van der Waals surface area contributed by atoms with Crippen LogP contribution in [-0.2, 0) is 0 Å². The molecule has 0 bridgehead atoms. The summed E-state index contributed by atoms with van der Waals surface area (Å²) in [5.74, 6) is 0. The Balaban J connectivity index is 1.75. The summed E-state index contributed by atoms with van der Waals surface area (Å²) in [6.45, 7) is 0. The predicted molar refractivity (Wildman–Crippen MR) is 143 cm³/mol. The summed E-state index contributed by atoms with van der Waals surface area (Å²) in [6, 6.07) is 40.4. The maximum absolute atomic E-state index is 9.45.